The van der Waals surface area contributed by atoms with E-state index in [-0.39, 0.29) is 17.8 Å². The Morgan fingerprint density at radius 3 is 2.56 bits per heavy atom. The highest BCUT2D eigenvalue weighted by Crippen LogP contribution is 2.35. The lowest BCUT2D eigenvalue weighted by atomic mass is 9.91. The number of carbonyl (C=O) groups is 1. The molecule has 0 bridgehead atoms. The highest BCUT2D eigenvalue weighted by atomic mass is 19.4. The van der Waals surface area contributed by atoms with E-state index in [1.807, 2.05) is 23.2 Å². The predicted octanol–water partition coefficient (Wildman–Crippen LogP) is 4.79. The number of piperazine rings is 1. The molecule has 0 saturated carbocycles. The number of nitrogens with zero attached hydrogens (tertiary/aromatic N) is 4. The summed E-state index contributed by atoms with van der Waals surface area (Å²) in [7, 11) is 0. The summed E-state index contributed by atoms with van der Waals surface area (Å²) in [4.78, 5) is 20.1. The molecule has 2 aromatic carbocycles. The molecule has 34 heavy (non-hydrogen) atoms. The number of aromatic nitrogens is 2. The second-order valence-corrected chi connectivity index (χ2v) is 8.87. The van der Waals surface area contributed by atoms with E-state index in [2.05, 4.69) is 4.57 Å². The number of amides is 1. The molecule has 5 nitrogen and oxygen atoms in total. The van der Waals surface area contributed by atoms with Gasteiger partial charge in [0.2, 0.25) is 6.41 Å². The smallest absolute Gasteiger partial charge is 0.367 e. The fraction of sp³-hybridized carbons (Fsp3) is 0.360. The van der Waals surface area contributed by atoms with Crippen molar-refractivity contribution in [3.63, 3.8) is 0 Å². The zero-order valence-corrected chi connectivity index (χ0v) is 18.4. The van der Waals surface area contributed by atoms with E-state index in [0.29, 0.717) is 31.9 Å². The molecular weight excluding hydrogens is 448 g/mol. The monoisotopic (exact) mass is 472 g/mol. The first-order valence-corrected chi connectivity index (χ1v) is 11.3. The zero-order chi connectivity index (χ0) is 23.9. The Morgan fingerprint density at radius 2 is 1.82 bits per heavy atom. The van der Waals surface area contributed by atoms with Crippen molar-refractivity contribution in [1.82, 2.24) is 14.5 Å². The second-order valence-electron chi connectivity index (χ2n) is 8.87. The third-order valence-corrected chi connectivity index (χ3v) is 6.79. The molecule has 2 atom stereocenters. The zero-order valence-electron chi connectivity index (χ0n) is 18.4. The molecule has 1 fully saturated rings. The number of carbonyl (C=O) groups excluding carboxylic acids is 1. The standard InChI is InChI=1S/C25H24F4N4O/c26-20-7-4-17(5-8-20)18-6-9-24-30-22(14-33(24)13-18)23-15-31(10-11-32(23)16-34)21-3-1-2-19(12-21)25(27,28)29/h1-5,7-8,12,14,16,18,23H,6,9-11,13,15H2. The molecule has 0 spiro atoms. The summed E-state index contributed by atoms with van der Waals surface area (Å²) in [6.45, 7) is 1.90. The SMILES string of the molecule is O=CN1CCN(c2cccc(C(F)(F)F)c2)CC1c1cn2c(n1)CCC(c1ccc(F)cc1)C2. The Labute approximate surface area is 194 Å². The quantitative estimate of drug-likeness (QED) is 0.405. The van der Waals surface area contributed by atoms with Crippen LogP contribution in [0, 0.1) is 5.82 Å². The molecule has 5 rings (SSSR count). The van der Waals surface area contributed by atoms with Gasteiger partial charge in [0.05, 0.1) is 17.3 Å². The van der Waals surface area contributed by atoms with Crippen molar-refractivity contribution in [1.29, 1.82) is 0 Å². The van der Waals surface area contributed by atoms with Crippen LogP contribution in [0.4, 0.5) is 23.2 Å². The Hall–Kier alpha value is -3.36. The normalized spacial score (nSPS) is 20.8. The Bertz CT molecular complexity index is 1170. The summed E-state index contributed by atoms with van der Waals surface area (Å²) < 4.78 is 55.0. The lowest BCUT2D eigenvalue weighted by Gasteiger charge is -2.40. The molecule has 9 heteroatoms. The summed E-state index contributed by atoms with van der Waals surface area (Å²) >= 11 is 0. The van der Waals surface area contributed by atoms with Crippen molar-refractivity contribution >= 4 is 12.1 Å². The predicted molar refractivity (Wildman–Crippen MR) is 119 cm³/mol. The Kier molecular flexibility index (Phi) is 5.79. The maximum absolute atomic E-state index is 13.3. The van der Waals surface area contributed by atoms with Gasteiger partial charge in [-0.25, -0.2) is 9.37 Å². The van der Waals surface area contributed by atoms with Crippen molar-refractivity contribution in [2.75, 3.05) is 24.5 Å². The maximum atomic E-state index is 13.3. The van der Waals surface area contributed by atoms with Crippen LogP contribution in [0.3, 0.4) is 0 Å². The molecule has 1 saturated heterocycles. The van der Waals surface area contributed by atoms with Crippen LogP contribution in [0.5, 0.6) is 0 Å². The molecule has 2 unspecified atom stereocenters. The van der Waals surface area contributed by atoms with Crippen molar-refractivity contribution in [2.24, 2.45) is 0 Å². The number of hydrogen-bond donors (Lipinski definition) is 0. The van der Waals surface area contributed by atoms with Crippen LogP contribution in [-0.4, -0.2) is 40.5 Å². The van der Waals surface area contributed by atoms with Gasteiger partial charge in [0.15, 0.2) is 0 Å². The van der Waals surface area contributed by atoms with Crippen LogP contribution >= 0.6 is 0 Å². The van der Waals surface area contributed by atoms with Crippen molar-refractivity contribution < 1.29 is 22.4 Å². The first-order chi connectivity index (χ1) is 16.3. The molecule has 3 aromatic rings. The molecule has 1 amide bonds. The largest absolute Gasteiger partial charge is 0.416 e. The Balaban J connectivity index is 1.37. The molecule has 178 valence electrons. The van der Waals surface area contributed by atoms with Gasteiger partial charge in [-0.3, -0.25) is 4.79 Å². The van der Waals surface area contributed by atoms with Crippen LogP contribution in [0.25, 0.3) is 0 Å². The number of hydrogen-bond acceptors (Lipinski definition) is 3. The van der Waals surface area contributed by atoms with Gasteiger partial charge in [0.1, 0.15) is 11.6 Å². The van der Waals surface area contributed by atoms with Crippen LogP contribution in [-0.2, 0) is 23.9 Å². The van der Waals surface area contributed by atoms with Gasteiger partial charge >= 0.3 is 6.18 Å². The van der Waals surface area contributed by atoms with Gasteiger partial charge in [0, 0.05) is 50.4 Å². The molecular formula is C25H24F4N4O. The summed E-state index contributed by atoms with van der Waals surface area (Å²) in [5.41, 5.74) is 1.60. The van der Waals surface area contributed by atoms with E-state index in [1.165, 1.54) is 18.2 Å². The molecule has 0 radical (unpaired) electrons. The summed E-state index contributed by atoms with van der Waals surface area (Å²) in [6, 6.07) is 11.5. The fourth-order valence-electron chi connectivity index (χ4n) is 4.93. The van der Waals surface area contributed by atoms with Crippen LogP contribution in [0.1, 0.15) is 41.0 Å². The first kappa shape index (κ1) is 22.4. The van der Waals surface area contributed by atoms with Gasteiger partial charge in [-0.2, -0.15) is 13.2 Å². The minimum atomic E-state index is -4.41. The molecule has 1 aromatic heterocycles. The fourth-order valence-corrected chi connectivity index (χ4v) is 4.93. The molecule has 0 aliphatic carbocycles. The molecule has 2 aliphatic heterocycles. The topological polar surface area (TPSA) is 41.4 Å². The van der Waals surface area contributed by atoms with Crippen LogP contribution in [0.2, 0.25) is 0 Å². The minimum Gasteiger partial charge on any atom is -0.367 e. The van der Waals surface area contributed by atoms with Gasteiger partial charge in [-0.05, 0) is 42.3 Å². The average molecular weight is 472 g/mol. The molecule has 3 heterocycles. The van der Waals surface area contributed by atoms with Crippen molar-refractivity contribution in [2.45, 2.75) is 37.5 Å². The van der Waals surface area contributed by atoms with Gasteiger partial charge < -0.3 is 14.4 Å². The molecule has 0 N–H and O–H groups in total. The van der Waals surface area contributed by atoms with E-state index in [1.54, 1.807) is 11.0 Å². The lowest BCUT2D eigenvalue weighted by molar-refractivity contribution is -0.137. The number of rotatable bonds is 4. The number of anilines is 1. The van der Waals surface area contributed by atoms with E-state index >= 15 is 0 Å². The molecule has 2 aliphatic rings. The summed E-state index contributed by atoms with van der Waals surface area (Å²) in [5, 5.41) is 0. The summed E-state index contributed by atoms with van der Waals surface area (Å²) in [6.07, 6.45) is -0.0344. The number of aryl methyl sites for hydroxylation is 1. The third-order valence-electron chi connectivity index (χ3n) is 6.79. The van der Waals surface area contributed by atoms with Crippen LogP contribution < -0.4 is 4.90 Å². The average Bonchev–Trinajstić information content (AvgIpc) is 3.27. The number of benzene rings is 2. The van der Waals surface area contributed by atoms with Crippen LogP contribution in [0.15, 0.2) is 54.7 Å². The summed E-state index contributed by atoms with van der Waals surface area (Å²) in [5.74, 6) is 0.905. The van der Waals surface area contributed by atoms with Crippen molar-refractivity contribution in [3.8, 4) is 0 Å². The van der Waals surface area contributed by atoms with Gasteiger partial charge in [-0.1, -0.05) is 18.2 Å². The third kappa shape index (κ3) is 4.38. The number of alkyl halides is 3. The second kappa shape index (κ2) is 8.77. The minimum absolute atomic E-state index is 0.241. The van der Waals surface area contributed by atoms with E-state index in [9.17, 15) is 22.4 Å². The highest BCUT2D eigenvalue weighted by Gasteiger charge is 2.34. The first-order valence-electron chi connectivity index (χ1n) is 11.3. The number of fused-ring (bicyclic) bond motifs is 1. The number of imidazole rings is 1. The van der Waals surface area contributed by atoms with Crippen molar-refractivity contribution in [3.05, 3.63) is 83.2 Å². The van der Waals surface area contributed by atoms with E-state index in [4.69, 9.17) is 4.98 Å². The van der Waals surface area contributed by atoms with E-state index < -0.39 is 11.7 Å². The Morgan fingerprint density at radius 1 is 1.03 bits per heavy atom. The van der Waals surface area contributed by atoms with Gasteiger partial charge in [-0.15, -0.1) is 0 Å². The van der Waals surface area contributed by atoms with Gasteiger partial charge in [0.25, 0.3) is 0 Å². The van der Waals surface area contributed by atoms with E-state index in [0.717, 1.165) is 48.5 Å². The maximum Gasteiger partial charge on any atom is 0.416 e. The number of halogens is 4. The highest BCUT2D eigenvalue weighted by molar-refractivity contribution is 5.54. The lowest BCUT2D eigenvalue weighted by Crippen LogP contribution is -2.48.